The monoisotopic (exact) mass is 352 g/mol. The molecule has 3 rings (SSSR count). The van der Waals surface area contributed by atoms with Crippen molar-refractivity contribution in [1.29, 1.82) is 0 Å². The summed E-state index contributed by atoms with van der Waals surface area (Å²) in [4.78, 5) is 25.6. The minimum Gasteiger partial charge on any atom is -0.348 e. The van der Waals surface area contributed by atoms with Crippen LogP contribution in [0.3, 0.4) is 0 Å². The maximum Gasteiger partial charge on any atom is 0.251 e. The van der Waals surface area contributed by atoms with E-state index in [9.17, 15) is 9.59 Å². The summed E-state index contributed by atoms with van der Waals surface area (Å²) in [6.07, 6.45) is 1.16. The lowest BCUT2D eigenvalue weighted by Gasteiger charge is -2.30. The normalized spacial score (nSPS) is 17.5. The van der Waals surface area contributed by atoms with Crippen LogP contribution in [0.4, 0.5) is 0 Å². The van der Waals surface area contributed by atoms with Crippen molar-refractivity contribution < 1.29 is 9.59 Å². The van der Waals surface area contributed by atoms with Gasteiger partial charge in [0.25, 0.3) is 5.91 Å². The third-order valence-corrected chi connectivity index (χ3v) is 4.68. The molecule has 0 spiro atoms. The first-order chi connectivity index (χ1) is 12.4. The first kappa shape index (κ1) is 18.0. The number of carbonyl (C=O) groups is 2. The van der Waals surface area contributed by atoms with Gasteiger partial charge in [-0.2, -0.15) is 10.2 Å². The van der Waals surface area contributed by atoms with Crippen molar-refractivity contribution in [3.63, 3.8) is 0 Å². The zero-order valence-corrected chi connectivity index (χ0v) is 15.4. The number of hydrogen-bond donors (Lipinski definition) is 1. The van der Waals surface area contributed by atoms with E-state index in [1.165, 1.54) is 0 Å². The van der Waals surface area contributed by atoms with Crippen LogP contribution in [0.25, 0.3) is 11.3 Å². The Labute approximate surface area is 153 Å². The van der Waals surface area contributed by atoms with Crippen LogP contribution in [0.15, 0.2) is 36.4 Å². The summed E-state index contributed by atoms with van der Waals surface area (Å²) in [6, 6.07) is 11.3. The second-order valence-electron chi connectivity index (χ2n) is 7.06. The summed E-state index contributed by atoms with van der Waals surface area (Å²) in [5.74, 6) is 0.353. The third kappa shape index (κ3) is 4.07. The fourth-order valence-electron chi connectivity index (χ4n) is 3.00. The average molecular weight is 352 g/mol. The number of likely N-dealkylation sites (N-methyl/N-ethyl adjacent to an activating group) is 1. The van der Waals surface area contributed by atoms with Crippen LogP contribution in [0.1, 0.15) is 48.7 Å². The van der Waals surface area contributed by atoms with Crippen molar-refractivity contribution in [3.8, 4) is 11.3 Å². The van der Waals surface area contributed by atoms with Gasteiger partial charge >= 0.3 is 0 Å². The number of hydrogen-bond acceptors (Lipinski definition) is 4. The molecule has 1 fully saturated rings. The topological polar surface area (TPSA) is 75.2 Å². The minimum atomic E-state index is -0.120. The van der Waals surface area contributed by atoms with Gasteiger partial charge in [-0.3, -0.25) is 9.59 Å². The van der Waals surface area contributed by atoms with Crippen molar-refractivity contribution in [1.82, 2.24) is 20.4 Å². The molecule has 6 heteroatoms. The second-order valence-corrected chi connectivity index (χ2v) is 7.06. The van der Waals surface area contributed by atoms with Gasteiger partial charge in [-0.05, 0) is 36.6 Å². The molecule has 0 radical (unpaired) electrons. The molecule has 1 atom stereocenters. The van der Waals surface area contributed by atoms with Gasteiger partial charge in [0.15, 0.2) is 0 Å². The Bertz CT molecular complexity index is 784. The quantitative estimate of drug-likeness (QED) is 0.918. The number of rotatable bonds is 4. The molecule has 2 aromatic rings. The maximum atomic E-state index is 12.4. The number of likely N-dealkylation sites (tertiary alicyclic amines) is 1. The standard InChI is InChI=1S/C20H24N4O2/c1-13(2)17-9-10-18(23-22-17)14-4-6-15(7-5-14)20(26)21-16-8-11-19(25)24(3)12-16/h4-7,9-10,13,16H,8,11-12H2,1-3H3,(H,21,26)/t16-/m1/s1. The van der Waals surface area contributed by atoms with Crippen LogP contribution in [-0.2, 0) is 4.79 Å². The van der Waals surface area contributed by atoms with Crippen LogP contribution in [-0.4, -0.2) is 46.5 Å². The summed E-state index contributed by atoms with van der Waals surface area (Å²) in [7, 11) is 1.76. The largest absolute Gasteiger partial charge is 0.348 e. The van der Waals surface area contributed by atoms with E-state index in [4.69, 9.17) is 0 Å². The van der Waals surface area contributed by atoms with E-state index in [1.54, 1.807) is 24.1 Å². The summed E-state index contributed by atoms with van der Waals surface area (Å²) < 4.78 is 0. The van der Waals surface area contributed by atoms with E-state index in [-0.39, 0.29) is 17.9 Å². The zero-order valence-electron chi connectivity index (χ0n) is 15.4. The van der Waals surface area contributed by atoms with Crippen molar-refractivity contribution in [2.45, 2.75) is 38.6 Å². The predicted octanol–water partition coefficient (Wildman–Crippen LogP) is 2.62. The molecule has 1 saturated heterocycles. The van der Waals surface area contributed by atoms with Crippen LogP contribution >= 0.6 is 0 Å². The van der Waals surface area contributed by atoms with Crippen LogP contribution in [0.5, 0.6) is 0 Å². The van der Waals surface area contributed by atoms with Crippen molar-refractivity contribution in [2.75, 3.05) is 13.6 Å². The third-order valence-electron chi connectivity index (χ3n) is 4.68. The fourth-order valence-corrected chi connectivity index (χ4v) is 3.00. The fraction of sp³-hybridized carbons (Fsp3) is 0.400. The Hall–Kier alpha value is -2.76. The molecule has 0 unspecified atom stereocenters. The SMILES string of the molecule is CC(C)c1ccc(-c2ccc(C(=O)N[C@@H]3CCC(=O)N(C)C3)cc2)nn1. The van der Waals surface area contributed by atoms with E-state index in [1.807, 2.05) is 24.3 Å². The molecule has 26 heavy (non-hydrogen) atoms. The molecule has 1 aromatic heterocycles. The van der Waals surface area contributed by atoms with Crippen LogP contribution in [0.2, 0.25) is 0 Å². The van der Waals surface area contributed by atoms with Gasteiger partial charge in [-0.25, -0.2) is 0 Å². The number of carbonyl (C=O) groups excluding carboxylic acids is 2. The highest BCUT2D eigenvalue weighted by Crippen LogP contribution is 2.19. The average Bonchev–Trinajstić information content (AvgIpc) is 2.65. The molecular formula is C20H24N4O2. The van der Waals surface area contributed by atoms with Gasteiger partial charge in [0.1, 0.15) is 0 Å². The second kappa shape index (κ2) is 7.64. The molecule has 136 valence electrons. The molecule has 1 N–H and O–H groups in total. The van der Waals surface area contributed by atoms with E-state index in [2.05, 4.69) is 29.4 Å². The molecule has 0 aliphatic carbocycles. The van der Waals surface area contributed by atoms with Gasteiger partial charge in [0, 0.05) is 37.2 Å². The van der Waals surface area contributed by atoms with E-state index < -0.39 is 0 Å². The minimum absolute atomic E-state index is 0.000629. The number of benzene rings is 1. The number of nitrogens with one attached hydrogen (secondary N) is 1. The predicted molar refractivity (Wildman–Crippen MR) is 99.7 cm³/mol. The van der Waals surface area contributed by atoms with Gasteiger partial charge < -0.3 is 10.2 Å². The van der Waals surface area contributed by atoms with E-state index in [0.717, 1.165) is 17.0 Å². The van der Waals surface area contributed by atoms with Crippen molar-refractivity contribution >= 4 is 11.8 Å². The highest BCUT2D eigenvalue weighted by molar-refractivity contribution is 5.95. The van der Waals surface area contributed by atoms with Gasteiger partial charge in [-0.15, -0.1) is 0 Å². The molecule has 0 saturated carbocycles. The molecule has 1 aliphatic heterocycles. The van der Waals surface area contributed by atoms with E-state index >= 15 is 0 Å². The lowest BCUT2D eigenvalue weighted by Crippen LogP contribution is -2.48. The molecule has 1 aliphatic rings. The lowest BCUT2D eigenvalue weighted by molar-refractivity contribution is -0.132. The van der Waals surface area contributed by atoms with Gasteiger partial charge in [0.05, 0.1) is 11.4 Å². The maximum absolute atomic E-state index is 12.4. The van der Waals surface area contributed by atoms with Crippen molar-refractivity contribution in [3.05, 3.63) is 47.7 Å². The first-order valence-corrected chi connectivity index (χ1v) is 8.93. The Morgan fingerprint density at radius 1 is 1.15 bits per heavy atom. The zero-order chi connectivity index (χ0) is 18.7. The Morgan fingerprint density at radius 3 is 2.46 bits per heavy atom. The van der Waals surface area contributed by atoms with Crippen molar-refractivity contribution in [2.24, 2.45) is 0 Å². The van der Waals surface area contributed by atoms with Crippen LogP contribution < -0.4 is 5.32 Å². The van der Waals surface area contributed by atoms with Crippen LogP contribution in [0, 0.1) is 0 Å². The van der Waals surface area contributed by atoms with Gasteiger partial charge in [-0.1, -0.05) is 26.0 Å². The molecule has 0 bridgehead atoms. The summed E-state index contributed by atoms with van der Waals surface area (Å²) >= 11 is 0. The molecule has 2 heterocycles. The molecule has 1 aromatic carbocycles. The Kier molecular flexibility index (Phi) is 5.30. The molecule has 2 amide bonds. The Morgan fingerprint density at radius 2 is 1.88 bits per heavy atom. The smallest absolute Gasteiger partial charge is 0.251 e. The van der Waals surface area contributed by atoms with E-state index in [0.29, 0.717) is 30.9 Å². The molecular weight excluding hydrogens is 328 g/mol. The lowest BCUT2D eigenvalue weighted by atomic mass is 10.0. The summed E-state index contributed by atoms with van der Waals surface area (Å²) in [5.41, 5.74) is 3.27. The summed E-state index contributed by atoms with van der Waals surface area (Å²) in [6.45, 7) is 4.72. The Balaban J connectivity index is 1.65. The first-order valence-electron chi connectivity index (χ1n) is 8.93. The number of amides is 2. The number of nitrogens with zero attached hydrogens (tertiary/aromatic N) is 3. The summed E-state index contributed by atoms with van der Waals surface area (Å²) in [5, 5.41) is 11.5. The number of aromatic nitrogens is 2. The number of piperidine rings is 1. The molecule has 6 nitrogen and oxygen atoms in total. The highest BCUT2D eigenvalue weighted by Gasteiger charge is 2.24. The van der Waals surface area contributed by atoms with Gasteiger partial charge in [0.2, 0.25) is 5.91 Å². The highest BCUT2D eigenvalue weighted by atomic mass is 16.2.